The van der Waals surface area contributed by atoms with Crippen LogP contribution >= 0.6 is 23.2 Å². The van der Waals surface area contributed by atoms with Crippen molar-refractivity contribution in [2.45, 2.75) is 39.7 Å². The van der Waals surface area contributed by atoms with Gasteiger partial charge < -0.3 is 19.1 Å². The number of benzene rings is 1. The zero-order valence-electron chi connectivity index (χ0n) is 15.6. The second kappa shape index (κ2) is 9.80. The van der Waals surface area contributed by atoms with Crippen molar-refractivity contribution in [2.24, 2.45) is 0 Å². The van der Waals surface area contributed by atoms with Crippen LogP contribution in [0.3, 0.4) is 0 Å². The predicted octanol–water partition coefficient (Wildman–Crippen LogP) is 4.09. The molecule has 1 heterocycles. The van der Waals surface area contributed by atoms with Gasteiger partial charge >= 0.3 is 11.9 Å². The molecule has 7 nitrogen and oxygen atoms in total. The highest BCUT2D eigenvalue weighted by Crippen LogP contribution is 2.37. The minimum absolute atomic E-state index is 0.000228. The summed E-state index contributed by atoms with van der Waals surface area (Å²) >= 11 is 12.0. The Bertz CT molecular complexity index is 908. The molecular weight excluding hydrogens is 409 g/mol. The van der Waals surface area contributed by atoms with Crippen LogP contribution in [0, 0.1) is 0 Å². The van der Waals surface area contributed by atoms with Crippen LogP contribution in [0.2, 0.25) is 10.0 Å². The third kappa shape index (κ3) is 4.77. The van der Waals surface area contributed by atoms with Gasteiger partial charge in [-0.1, -0.05) is 36.5 Å². The van der Waals surface area contributed by atoms with Gasteiger partial charge in [0.1, 0.15) is 5.02 Å². The molecule has 0 saturated heterocycles. The monoisotopic (exact) mass is 429 g/mol. The fourth-order valence-electron chi connectivity index (χ4n) is 2.72. The lowest BCUT2D eigenvalue weighted by Crippen LogP contribution is -2.21. The number of hydrogen-bond acceptors (Lipinski definition) is 5. The number of unbranched alkanes of at least 4 members (excludes halogenated alkanes) is 1. The number of fused-ring (bicyclic) bond motifs is 1. The second-order valence-corrected chi connectivity index (χ2v) is 6.81. The standard InChI is InChI=1S/C19H21Cl2NO6/c1-3-5-8-28-18-11-9-13(20)15(21)17(24)12(11)10-22(16(18)19(25)26)7-6-14(23)27-4-2/h9-10H,3-8H2,1-2H3,(H,25,26). The van der Waals surface area contributed by atoms with Gasteiger partial charge in [0.2, 0.25) is 5.43 Å². The first-order valence-corrected chi connectivity index (χ1v) is 9.64. The summed E-state index contributed by atoms with van der Waals surface area (Å²) < 4.78 is 11.9. The molecule has 0 radical (unpaired) electrons. The number of aryl methyl sites for hydroxylation is 1. The number of carboxylic acid groups (broad SMARTS) is 1. The highest BCUT2D eigenvalue weighted by molar-refractivity contribution is 6.42. The lowest BCUT2D eigenvalue weighted by molar-refractivity contribution is -0.143. The first-order valence-electron chi connectivity index (χ1n) is 8.88. The molecule has 0 atom stereocenters. The molecule has 0 fully saturated rings. The molecule has 28 heavy (non-hydrogen) atoms. The summed E-state index contributed by atoms with van der Waals surface area (Å²) in [6.07, 6.45) is 2.84. The van der Waals surface area contributed by atoms with Crippen LogP contribution in [0.25, 0.3) is 11.1 Å². The molecule has 1 N–H and O–H groups in total. The number of carboxylic acids is 1. The van der Waals surface area contributed by atoms with E-state index in [-0.39, 0.29) is 58.8 Å². The smallest absolute Gasteiger partial charge is 0.356 e. The maximum absolute atomic E-state index is 12.6. The third-order valence-corrected chi connectivity index (χ3v) is 4.83. The van der Waals surface area contributed by atoms with Crippen molar-refractivity contribution in [1.82, 2.24) is 4.57 Å². The molecule has 0 saturated carbocycles. The molecule has 152 valence electrons. The van der Waals surface area contributed by atoms with Crippen molar-refractivity contribution in [1.29, 1.82) is 0 Å². The number of carbonyl (C=O) groups is 2. The van der Waals surface area contributed by atoms with E-state index in [1.807, 2.05) is 6.92 Å². The molecule has 1 aliphatic heterocycles. The fraction of sp³-hybridized carbons (Fsp3) is 0.421. The Morgan fingerprint density at radius 1 is 1.21 bits per heavy atom. The normalized spacial score (nSPS) is 10.9. The zero-order chi connectivity index (χ0) is 20.8. The van der Waals surface area contributed by atoms with Crippen LogP contribution in [0.4, 0.5) is 0 Å². The number of esters is 1. The summed E-state index contributed by atoms with van der Waals surface area (Å²) in [5.41, 5.74) is -0.285. The van der Waals surface area contributed by atoms with Crippen molar-refractivity contribution in [3.05, 3.63) is 38.2 Å². The van der Waals surface area contributed by atoms with Gasteiger partial charge in [-0.3, -0.25) is 9.59 Å². The number of carbonyl (C=O) groups excluding carboxylic acids is 1. The molecule has 0 spiro atoms. The summed E-state index contributed by atoms with van der Waals surface area (Å²) in [5.74, 6) is -1.70. The fourth-order valence-corrected chi connectivity index (χ4v) is 3.07. The van der Waals surface area contributed by atoms with E-state index in [1.54, 1.807) is 6.92 Å². The summed E-state index contributed by atoms with van der Waals surface area (Å²) in [6, 6.07) is 1.42. The first-order chi connectivity index (χ1) is 13.3. The SMILES string of the molecule is CCCCOc1c2cc(Cl)c(Cl)c(=O)c-2cn(CCC(=O)OCC)c1C(=O)O. The third-order valence-electron chi connectivity index (χ3n) is 4.06. The van der Waals surface area contributed by atoms with Crippen molar-refractivity contribution >= 4 is 35.1 Å². The molecule has 0 bridgehead atoms. The molecule has 9 heteroatoms. The van der Waals surface area contributed by atoms with Crippen LogP contribution in [0.1, 0.15) is 43.6 Å². The van der Waals surface area contributed by atoms with E-state index in [2.05, 4.69) is 0 Å². The molecule has 0 aromatic carbocycles. The maximum atomic E-state index is 12.6. The Morgan fingerprint density at radius 2 is 1.93 bits per heavy atom. The van der Waals surface area contributed by atoms with Crippen LogP contribution in [-0.2, 0) is 16.1 Å². The quantitative estimate of drug-likeness (QED) is 0.476. The minimum atomic E-state index is -1.25. The number of ether oxygens (including phenoxy) is 2. The first kappa shape index (κ1) is 22.0. The van der Waals surface area contributed by atoms with E-state index in [0.29, 0.717) is 6.42 Å². The molecule has 0 unspecified atom stereocenters. The average molecular weight is 430 g/mol. The van der Waals surface area contributed by atoms with Crippen molar-refractivity contribution in [3.8, 4) is 16.9 Å². The summed E-state index contributed by atoms with van der Waals surface area (Å²) in [5, 5.41) is 9.63. The van der Waals surface area contributed by atoms with E-state index in [0.717, 1.165) is 6.42 Å². The molecule has 2 rings (SSSR count). The van der Waals surface area contributed by atoms with Crippen molar-refractivity contribution in [2.75, 3.05) is 13.2 Å². The van der Waals surface area contributed by atoms with E-state index >= 15 is 0 Å². The molecule has 1 aliphatic carbocycles. The Labute approximate surface area is 172 Å². The summed E-state index contributed by atoms with van der Waals surface area (Å²) in [4.78, 5) is 36.3. The van der Waals surface area contributed by atoms with Crippen LogP contribution < -0.4 is 10.2 Å². The van der Waals surface area contributed by atoms with Crippen molar-refractivity contribution < 1.29 is 24.2 Å². The zero-order valence-corrected chi connectivity index (χ0v) is 17.1. The highest BCUT2D eigenvalue weighted by Gasteiger charge is 2.27. The number of hydrogen-bond donors (Lipinski definition) is 1. The van der Waals surface area contributed by atoms with E-state index in [4.69, 9.17) is 32.7 Å². The number of nitrogens with zero attached hydrogens (tertiary/aromatic N) is 1. The Hall–Kier alpha value is -2.25. The molecule has 0 amide bonds. The maximum Gasteiger partial charge on any atom is 0.356 e. The lowest BCUT2D eigenvalue weighted by atomic mass is 10.0. The minimum Gasteiger partial charge on any atom is -0.490 e. The van der Waals surface area contributed by atoms with E-state index in [1.165, 1.54) is 16.8 Å². The van der Waals surface area contributed by atoms with E-state index in [9.17, 15) is 19.5 Å². The highest BCUT2D eigenvalue weighted by atomic mass is 35.5. The Morgan fingerprint density at radius 3 is 2.54 bits per heavy atom. The largest absolute Gasteiger partial charge is 0.490 e. The number of aromatic carboxylic acids is 1. The van der Waals surface area contributed by atoms with Gasteiger partial charge in [0.15, 0.2) is 11.4 Å². The van der Waals surface area contributed by atoms with Crippen LogP contribution in [0.5, 0.6) is 5.75 Å². The molecule has 0 aromatic rings. The molecule has 2 aliphatic rings. The van der Waals surface area contributed by atoms with Gasteiger partial charge in [0, 0.05) is 18.3 Å². The van der Waals surface area contributed by atoms with Crippen molar-refractivity contribution in [3.63, 3.8) is 0 Å². The average Bonchev–Trinajstić information content (AvgIpc) is 2.65. The molecular formula is C19H21Cl2NO6. The van der Waals surface area contributed by atoms with Gasteiger partial charge in [-0.05, 0) is 19.4 Å². The van der Waals surface area contributed by atoms with Gasteiger partial charge in [-0.25, -0.2) is 4.79 Å². The Balaban J connectivity index is 2.67. The van der Waals surface area contributed by atoms with Gasteiger partial charge in [-0.15, -0.1) is 0 Å². The van der Waals surface area contributed by atoms with E-state index < -0.39 is 17.4 Å². The second-order valence-electron chi connectivity index (χ2n) is 6.03. The number of pyridine rings is 1. The van der Waals surface area contributed by atoms with Gasteiger partial charge in [-0.2, -0.15) is 0 Å². The van der Waals surface area contributed by atoms with Gasteiger partial charge in [0.05, 0.1) is 30.2 Å². The van der Waals surface area contributed by atoms with Gasteiger partial charge in [0.25, 0.3) is 0 Å². The topological polar surface area (TPSA) is 94.8 Å². The van der Waals surface area contributed by atoms with Crippen LogP contribution in [-0.4, -0.2) is 34.8 Å². The Kier molecular flexibility index (Phi) is 7.71. The number of halogens is 2. The summed E-state index contributed by atoms with van der Waals surface area (Å²) in [6.45, 7) is 4.13. The molecule has 0 aromatic heterocycles. The predicted molar refractivity (Wildman–Crippen MR) is 106 cm³/mol. The summed E-state index contributed by atoms with van der Waals surface area (Å²) in [7, 11) is 0. The number of aromatic nitrogens is 1. The lowest BCUT2D eigenvalue weighted by Gasteiger charge is -2.21. The number of rotatable bonds is 9. The van der Waals surface area contributed by atoms with Crippen LogP contribution in [0.15, 0.2) is 17.1 Å².